The number of carbonyl (C=O) groups excluding carboxylic acids is 1. The van der Waals surface area contributed by atoms with Crippen LogP contribution in [0.2, 0.25) is 0 Å². The standard InChI is InChI=1S/C30H34N4O2/c1-23-9-8-12-25(19-23)27-20-28(26-13-6-7-14-29(26)36-2)34(31-27)30(35)22-33-17-15-32(16-18-33)21-24-10-4-3-5-11-24/h3-14,19,28H,15-18,20-22H2,1-2H3/t28-/m1/s1. The van der Waals surface area contributed by atoms with E-state index in [2.05, 4.69) is 65.3 Å². The predicted molar refractivity (Wildman–Crippen MR) is 143 cm³/mol. The average Bonchev–Trinajstić information content (AvgIpc) is 3.36. The maximum atomic E-state index is 13.6. The Morgan fingerprint density at radius 1 is 0.917 bits per heavy atom. The van der Waals surface area contributed by atoms with E-state index in [1.165, 1.54) is 11.1 Å². The molecule has 2 aliphatic heterocycles. The lowest BCUT2D eigenvalue weighted by atomic mass is 9.97. The van der Waals surface area contributed by atoms with Gasteiger partial charge < -0.3 is 4.74 Å². The van der Waals surface area contributed by atoms with E-state index in [1.807, 2.05) is 30.3 Å². The molecule has 2 aliphatic rings. The SMILES string of the molecule is COc1ccccc1[C@H]1CC(c2cccc(C)c2)=NN1C(=O)CN1CCN(Cc2ccccc2)CC1. The van der Waals surface area contributed by atoms with Gasteiger partial charge in [-0.25, -0.2) is 5.01 Å². The van der Waals surface area contributed by atoms with Crippen LogP contribution in [0.25, 0.3) is 0 Å². The average molecular weight is 483 g/mol. The predicted octanol–water partition coefficient (Wildman–Crippen LogP) is 4.50. The molecule has 1 atom stereocenters. The van der Waals surface area contributed by atoms with Crippen molar-refractivity contribution in [1.82, 2.24) is 14.8 Å². The summed E-state index contributed by atoms with van der Waals surface area (Å²) in [5.41, 5.74) is 5.52. The lowest BCUT2D eigenvalue weighted by molar-refractivity contribution is -0.134. The van der Waals surface area contributed by atoms with Gasteiger partial charge >= 0.3 is 0 Å². The van der Waals surface area contributed by atoms with E-state index in [1.54, 1.807) is 12.1 Å². The Hall–Kier alpha value is -3.48. The number of hydrogen-bond acceptors (Lipinski definition) is 5. The molecule has 1 amide bonds. The van der Waals surface area contributed by atoms with E-state index in [4.69, 9.17) is 9.84 Å². The Balaban J connectivity index is 1.30. The second kappa shape index (κ2) is 11.1. The van der Waals surface area contributed by atoms with Crippen molar-refractivity contribution >= 4 is 11.6 Å². The van der Waals surface area contributed by atoms with Gasteiger partial charge in [0.2, 0.25) is 0 Å². The van der Waals surface area contributed by atoms with Crippen molar-refractivity contribution in [2.24, 2.45) is 5.10 Å². The number of piperazine rings is 1. The fraction of sp³-hybridized carbons (Fsp3) is 0.333. The second-order valence-corrected chi connectivity index (χ2v) is 9.65. The summed E-state index contributed by atoms with van der Waals surface area (Å²) in [6.45, 7) is 7.06. The highest BCUT2D eigenvalue weighted by Crippen LogP contribution is 2.37. The number of hydrazone groups is 1. The summed E-state index contributed by atoms with van der Waals surface area (Å²) < 4.78 is 5.65. The molecule has 0 unspecified atom stereocenters. The molecule has 1 fully saturated rings. The molecule has 36 heavy (non-hydrogen) atoms. The molecule has 186 valence electrons. The summed E-state index contributed by atoms with van der Waals surface area (Å²) in [6.07, 6.45) is 0.667. The van der Waals surface area contributed by atoms with Crippen LogP contribution in [0.4, 0.5) is 0 Å². The minimum absolute atomic E-state index is 0.0325. The molecule has 3 aromatic carbocycles. The fourth-order valence-corrected chi connectivity index (χ4v) is 5.13. The highest BCUT2D eigenvalue weighted by Gasteiger charge is 2.35. The van der Waals surface area contributed by atoms with E-state index in [0.717, 1.165) is 55.3 Å². The first-order valence-electron chi connectivity index (χ1n) is 12.7. The minimum Gasteiger partial charge on any atom is -0.496 e. The van der Waals surface area contributed by atoms with Crippen LogP contribution in [0.1, 0.15) is 34.7 Å². The van der Waals surface area contributed by atoms with Gasteiger partial charge in [0.25, 0.3) is 5.91 Å². The molecule has 0 radical (unpaired) electrons. The molecule has 0 bridgehead atoms. The zero-order chi connectivity index (χ0) is 24.9. The van der Waals surface area contributed by atoms with Gasteiger partial charge in [-0.2, -0.15) is 5.10 Å². The van der Waals surface area contributed by atoms with Gasteiger partial charge in [-0.1, -0.05) is 78.4 Å². The minimum atomic E-state index is -0.177. The van der Waals surface area contributed by atoms with Gasteiger partial charge in [0.1, 0.15) is 5.75 Å². The van der Waals surface area contributed by atoms with Gasteiger partial charge in [-0.05, 0) is 24.1 Å². The third-order valence-corrected chi connectivity index (χ3v) is 7.09. The monoisotopic (exact) mass is 482 g/mol. The highest BCUT2D eigenvalue weighted by molar-refractivity contribution is 6.03. The van der Waals surface area contributed by atoms with Crippen molar-refractivity contribution in [2.75, 3.05) is 39.8 Å². The first-order chi connectivity index (χ1) is 17.6. The van der Waals surface area contributed by atoms with E-state index in [0.29, 0.717) is 13.0 Å². The van der Waals surface area contributed by atoms with Gasteiger partial charge in [0, 0.05) is 44.7 Å². The number of methoxy groups -OCH3 is 1. The number of amides is 1. The molecule has 0 aliphatic carbocycles. The molecule has 6 heteroatoms. The normalized spacial score (nSPS) is 18.8. The quantitative estimate of drug-likeness (QED) is 0.498. The molecule has 5 rings (SSSR count). The van der Waals surface area contributed by atoms with Crippen molar-refractivity contribution in [3.63, 3.8) is 0 Å². The van der Waals surface area contributed by atoms with Crippen LogP contribution in [0, 0.1) is 6.92 Å². The molecule has 2 heterocycles. The van der Waals surface area contributed by atoms with E-state index >= 15 is 0 Å². The maximum Gasteiger partial charge on any atom is 0.257 e. The highest BCUT2D eigenvalue weighted by atomic mass is 16.5. The maximum absolute atomic E-state index is 13.6. The Bertz CT molecular complexity index is 1220. The summed E-state index contributed by atoms with van der Waals surface area (Å²) in [5, 5.41) is 6.58. The van der Waals surface area contributed by atoms with Crippen LogP contribution < -0.4 is 4.74 Å². The number of aryl methyl sites for hydroxylation is 1. The van der Waals surface area contributed by atoms with Crippen molar-refractivity contribution in [3.8, 4) is 5.75 Å². The van der Waals surface area contributed by atoms with Gasteiger partial charge in [0.15, 0.2) is 0 Å². The Morgan fingerprint density at radius 3 is 2.39 bits per heavy atom. The van der Waals surface area contributed by atoms with E-state index < -0.39 is 0 Å². The van der Waals surface area contributed by atoms with Crippen LogP contribution in [0.5, 0.6) is 5.75 Å². The number of benzene rings is 3. The number of para-hydroxylation sites is 1. The van der Waals surface area contributed by atoms with E-state index in [9.17, 15) is 4.79 Å². The molecule has 6 nitrogen and oxygen atoms in total. The van der Waals surface area contributed by atoms with Crippen LogP contribution in [0.15, 0.2) is 84.0 Å². The molecule has 0 spiro atoms. The third kappa shape index (κ3) is 5.50. The van der Waals surface area contributed by atoms with Gasteiger partial charge in [-0.3, -0.25) is 14.6 Å². The van der Waals surface area contributed by atoms with Crippen molar-refractivity contribution < 1.29 is 9.53 Å². The molecule has 0 N–H and O–H groups in total. The van der Waals surface area contributed by atoms with E-state index in [-0.39, 0.29) is 11.9 Å². The number of rotatable bonds is 7. The number of carbonyl (C=O) groups is 1. The summed E-state index contributed by atoms with van der Waals surface area (Å²) in [4.78, 5) is 18.3. The van der Waals surface area contributed by atoms with Crippen LogP contribution >= 0.6 is 0 Å². The van der Waals surface area contributed by atoms with Crippen molar-refractivity contribution in [2.45, 2.75) is 25.9 Å². The van der Waals surface area contributed by atoms with Crippen molar-refractivity contribution in [3.05, 3.63) is 101 Å². The molecular formula is C30H34N4O2. The zero-order valence-corrected chi connectivity index (χ0v) is 21.1. The summed E-state index contributed by atoms with van der Waals surface area (Å²) in [6, 6.07) is 26.7. The second-order valence-electron chi connectivity index (χ2n) is 9.65. The van der Waals surface area contributed by atoms with Crippen LogP contribution in [-0.4, -0.2) is 66.3 Å². The summed E-state index contributed by atoms with van der Waals surface area (Å²) >= 11 is 0. The number of ether oxygens (including phenoxy) is 1. The fourth-order valence-electron chi connectivity index (χ4n) is 5.13. The largest absolute Gasteiger partial charge is 0.496 e. The topological polar surface area (TPSA) is 48.4 Å². The first kappa shape index (κ1) is 24.2. The van der Waals surface area contributed by atoms with Crippen LogP contribution in [0.3, 0.4) is 0 Å². The van der Waals surface area contributed by atoms with Crippen LogP contribution in [-0.2, 0) is 11.3 Å². The molecule has 0 aromatic heterocycles. The first-order valence-corrected chi connectivity index (χ1v) is 12.7. The lowest BCUT2D eigenvalue weighted by Crippen LogP contribution is -2.49. The summed E-state index contributed by atoms with van der Waals surface area (Å²) in [7, 11) is 1.68. The molecule has 3 aromatic rings. The van der Waals surface area contributed by atoms with Gasteiger partial charge in [-0.15, -0.1) is 0 Å². The zero-order valence-electron chi connectivity index (χ0n) is 21.1. The number of nitrogens with zero attached hydrogens (tertiary/aromatic N) is 4. The Kier molecular flexibility index (Phi) is 7.44. The third-order valence-electron chi connectivity index (χ3n) is 7.09. The Labute approximate surface area is 213 Å². The lowest BCUT2D eigenvalue weighted by Gasteiger charge is -2.35. The molecule has 1 saturated heterocycles. The van der Waals surface area contributed by atoms with Gasteiger partial charge in [0.05, 0.1) is 25.4 Å². The summed E-state index contributed by atoms with van der Waals surface area (Å²) in [5.74, 6) is 0.820. The molecule has 0 saturated carbocycles. The van der Waals surface area contributed by atoms with Crippen molar-refractivity contribution in [1.29, 1.82) is 0 Å². The Morgan fingerprint density at radius 2 is 1.64 bits per heavy atom. The smallest absolute Gasteiger partial charge is 0.257 e. The number of hydrogen-bond donors (Lipinski definition) is 0. The molecular weight excluding hydrogens is 448 g/mol.